The van der Waals surface area contributed by atoms with E-state index in [2.05, 4.69) is 8.75 Å². The summed E-state index contributed by atoms with van der Waals surface area (Å²) >= 11 is 0.972. The highest BCUT2D eigenvalue weighted by atomic mass is 32.2. The van der Waals surface area contributed by atoms with E-state index in [4.69, 9.17) is 10.00 Å². The number of amides is 1. The third kappa shape index (κ3) is 3.97. The highest BCUT2D eigenvalue weighted by Gasteiger charge is 2.32. The number of rotatable bonds is 5. The van der Waals surface area contributed by atoms with Crippen molar-refractivity contribution >= 4 is 38.7 Å². The van der Waals surface area contributed by atoms with Gasteiger partial charge in [0, 0.05) is 26.2 Å². The fourth-order valence-corrected chi connectivity index (χ4v) is 5.37. The zero-order valence-corrected chi connectivity index (χ0v) is 17.4. The third-order valence-corrected chi connectivity index (χ3v) is 7.26. The summed E-state index contributed by atoms with van der Waals surface area (Å²) < 4.78 is 41.2. The summed E-state index contributed by atoms with van der Waals surface area (Å²) in [5.41, 5.74) is 1.37. The number of hydrogen-bond acceptors (Lipinski definition) is 8. The van der Waals surface area contributed by atoms with Crippen LogP contribution in [0.3, 0.4) is 0 Å². The maximum absolute atomic E-state index is 13.1. The maximum atomic E-state index is 13.1. The first-order valence-electron chi connectivity index (χ1n) is 9.11. The highest BCUT2D eigenvalue weighted by molar-refractivity contribution is 7.89. The molecule has 3 aromatic rings. The van der Waals surface area contributed by atoms with Crippen molar-refractivity contribution in [2.45, 2.75) is 4.90 Å². The van der Waals surface area contributed by atoms with E-state index in [9.17, 15) is 13.2 Å². The summed E-state index contributed by atoms with van der Waals surface area (Å²) in [5, 5.41) is 8.92. The van der Waals surface area contributed by atoms with Crippen LogP contribution in [0.2, 0.25) is 0 Å². The van der Waals surface area contributed by atoms with Crippen LogP contribution < -0.4 is 4.74 Å². The Morgan fingerprint density at radius 3 is 2.67 bits per heavy atom. The molecule has 0 saturated carbocycles. The van der Waals surface area contributed by atoms with E-state index >= 15 is 0 Å². The van der Waals surface area contributed by atoms with Gasteiger partial charge in [-0.2, -0.15) is 18.3 Å². The van der Waals surface area contributed by atoms with Crippen LogP contribution >= 0.6 is 11.7 Å². The molecule has 2 aromatic carbocycles. The Balaban J connectivity index is 1.38. The number of aromatic nitrogens is 2. The lowest BCUT2D eigenvalue weighted by atomic mass is 10.2. The normalized spacial score (nSPS) is 15.1. The quantitative estimate of drug-likeness (QED) is 0.586. The molecule has 11 heteroatoms. The maximum Gasteiger partial charge on any atom is 0.260 e. The van der Waals surface area contributed by atoms with Crippen LogP contribution in [0.15, 0.2) is 47.4 Å². The third-order valence-electron chi connectivity index (χ3n) is 4.78. The summed E-state index contributed by atoms with van der Waals surface area (Å²) in [7, 11) is -3.73. The number of nitriles is 1. The Bertz CT molecular complexity index is 1230. The Labute approximate surface area is 177 Å². The average Bonchev–Trinajstić information content (AvgIpc) is 3.26. The van der Waals surface area contributed by atoms with Crippen LogP contribution in [0, 0.1) is 11.3 Å². The van der Waals surface area contributed by atoms with Crippen LogP contribution in [0.1, 0.15) is 5.56 Å². The first-order chi connectivity index (χ1) is 14.5. The zero-order chi connectivity index (χ0) is 21.1. The second kappa shape index (κ2) is 8.35. The van der Waals surface area contributed by atoms with Crippen molar-refractivity contribution < 1.29 is 17.9 Å². The summed E-state index contributed by atoms with van der Waals surface area (Å²) in [5.74, 6) is 0.203. The number of sulfonamides is 1. The topological polar surface area (TPSA) is 116 Å². The molecule has 0 atom stereocenters. The van der Waals surface area contributed by atoms with Crippen LogP contribution in [-0.2, 0) is 14.8 Å². The standard InChI is InChI=1S/C19H17N5O4S2/c20-12-14-3-1-4-15(11-14)28-13-18(25)23-7-9-24(10-8-23)30(26,27)17-6-2-5-16-19(17)22-29-21-16/h1-6,11H,7-10,13H2. The number of ether oxygens (including phenoxy) is 1. The van der Waals surface area contributed by atoms with E-state index in [-0.39, 0.29) is 43.6 Å². The minimum atomic E-state index is -3.73. The Kier molecular flexibility index (Phi) is 5.63. The number of nitrogens with zero attached hydrogens (tertiary/aromatic N) is 5. The first-order valence-corrected chi connectivity index (χ1v) is 11.3. The van der Waals surface area contributed by atoms with E-state index in [1.807, 2.05) is 6.07 Å². The van der Waals surface area contributed by atoms with Crippen molar-refractivity contribution in [2.24, 2.45) is 0 Å². The summed E-state index contributed by atoms with van der Waals surface area (Å²) in [6.07, 6.45) is 0. The van der Waals surface area contributed by atoms with Gasteiger partial charge in [-0.25, -0.2) is 8.42 Å². The van der Waals surface area contributed by atoms with E-state index in [1.165, 1.54) is 10.4 Å². The van der Waals surface area contributed by atoms with Gasteiger partial charge in [-0.05, 0) is 30.3 Å². The molecular formula is C19H17N5O4S2. The number of fused-ring (bicyclic) bond motifs is 1. The Morgan fingerprint density at radius 1 is 1.13 bits per heavy atom. The van der Waals surface area contributed by atoms with Gasteiger partial charge in [0.05, 0.1) is 23.4 Å². The second-order valence-electron chi connectivity index (χ2n) is 6.60. The molecule has 9 nitrogen and oxygen atoms in total. The lowest BCUT2D eigenvalue weighted by Crippen LogP contribution is -2.51. The van der Waals surface area contributed by atoms with Crippen LogP contribution in [0.5, 0.6) is 5.75 Å². The van der Waals surface area contributed by atoms with Crippen molar-refractivity contribution in [3.05, 3.63) is 48.0 Å². The van der Waals surface area contributed by atoms with Gasteiger partial charge in [-0.3, -0.25) is 4.79 Å². The predicted molar refractivity (Wildman–Crippen MR) is 109 cm³/mol. The predicted octanol–water partition coefficient (Wildman–Crippen LogP) is 1.47. The van der Waals surface area contributed by atoms with Gasteiger partial charge in [0.25, 0.3) is 5.91 Å². The molecule has 4 rings (SSSR count). The van der Waals surface area contributed by atoms with E-state index in [0.717, 1.165) is 11.7 Å². The summed E-state index contributed by atoms with van der Waals surface area (Å²) in [4.78, 5) is 14.2. The van der Waals surface area contributed by atoms with Crippen LogP contribution in [0.25, 0.3) is 11.0 Å². The monoisotopic (exact) mass is 443 g/mol. The second-order valence-corrected chi connectivity index (χ2v) is 9.04. The van der Waals surface area contributed by atoms with Gasteiger partial charge < -0.3 is 9.64 Å². The lowest BCUT2D eigenvalue weighted by molar-refractivity contribution is -0.134. The molecule has 0 N–H and O–H groups in total. The number of benzene rings is 2. The van der Waals surface area contributed by atoms with Gasteiger partial charge in [-0.1, -0.05) is 12.1 Å². The molecule has 0 bridgehead atoms. The van der Waals surface area contributed by atoms with Crippen molar-refractivity contribution in [3.8, 4) is 11.8 Å². The SMILES string of the molecule is N#Cc1cccc(OCC(=O)N2CCN(S(=O)(=O)c3cccc4nsnc34)CC2)c1. The molecule has 1 fully saturated rings. The molecule has 1 aliphatic rings. The smallest absolute Gasteiger partial charge is 0.260 e. The van der Waals surface area contributed by atoms with Crippen molar-refractivity contribution in [2.75, 3.05) is 32.8 Å². The Hall–Kier alpha value is -3.07. The van der Waals surface area contributed by atoms with Crippen LogP contribution in [-0.4, -0.2) is 65.1 Å². The molecule has 0 spiro atoms. The molecule has 1 aliphatic heterocycles. The lowest BCUT2D eigenvalue weighted by Gasteiger charge is -2.33. The summed E-state index contributed by atoms with van der Waals surface area (Å²) in [6.45, 7) is 0.735. The minimum Gasteiger partial charge on any atom is -0.484 e. The average molecular weight is 444 g/mol. The van der Waals surface area contributed by atoms with Gasteiger partial charge in [0.2, 0.25) is 10.0 Å². The molecule has 154 valence electrons. The van der Waals surface area contributed by atoms with Crippen molar-refractivity contribution in [3.63, 3.8) is 0 Å². The minimum absolute atomic E-state index is 0.134. The molecule has 30 heavy (non-hydrogen) atoms. The number of piperazine rings is 1. The first kappa shape index (κ1) is 20.2. The molecule has 2 heterocycles. The fraction of sp³-hybridized carbons (Fsp3) is 0.263. The molecule has 0 radical (unpaired) electrons. The van der Waals surface area contributed by atoms with Gasteiger partial charge >= 0.3 is 0 Å². The zero-order valence-electron chi connectivity index (χ0n) is 15.8. The van der Waals surface area contributed by atoms with E-state index < -0.39 is 10.0 Å². The van der Waals surface area contributed by atoms with Gasteiger partial charge in [-0.15, -0.1) is 0 Å². The van der Waals surface area contributed by atoms with Gasteiger partial charge in [0.1, 0.15) is 21.7 Å². The fourth-order valence-electron chi connectivity index (χ4n) is 3.20. The Morgan fingerprint density at radius 2 is 1.90 bits per heavy atom. The number of carbonyl (C=O) groups is 1. The summed E-state index contributed by atoms with van der Waals surface area (Å²) in [6, 6.07) is 13.5. The van der Waals surface area contributed by atoms with E-state index in [1.54, 1.807) is 41.3 Å². The molecule has 0 aliphatic carbocycles. The van der Waals surface area contributed by atoms with Crippen molar-refractivity contribution in [1.82, 2.24) is 18.0 Å². The van der Waals surface area contributed by atoms with Crippen LogP contribution in [0.4, 0.5) is 0 Å². The molecular weight excluding hydrogens is 426 g/mol. The molecule has 1 amide bonds. The molecule has 1 aromatic heterocycles. The van der Waals surface area contributed by atoms with Gasteiger partial charge in [0.15, 0.2) is 6.61 Å². The largest absolute Gasteiger partial charge is 0.484 e. The highest BCUT2D eigenvalue weighted by Crippen LogP contribution is 2.25. The van der Waals surface area contributed by atoms with Crippen molar-refractivity contribution in [1.29, 1.82) is 5.26 Å². The van der Waals surface area contributed by atoms with E-state index in [0.29, 0.717) is 22.3 Å². The number of carbonyl (C=O) groups excluding carboxylic acids is 1. The number of hydrogen-bond donors (Lipinski definition) is 0. The molecule has 1 saturated heterocycles. The molecule has 0 unspecified atom stereocenters.